The van der Waals surface area contributed by atoms with Crippen LogP contribution in [0.4, 0.5) is 0 Å². The topological polar surface area (TPSA) is 72.2 Å². The molecule has 66 valence electrons. The third-order valence-corrected chi connectivity index (χ3v) is 3.06. The summed E-state index contributed by atoms with van der Waals surface area (Å²) in [6, 6.07) is 0. The largest absolute Gasteiger partial charge is 0.329 e. The van der Waals surface area contributed by atoms with Gasteiger partial charge in [-0.15, -0.1) is 0 Å². The summed E-state index contributed by atoms with van der Waals surface area (Å²) in [4.78, 5) is 0. The van der Waals surface area contributed by atoms with Gasteiger partial charge in [0.15, 0.2) is 0 Å². The maximum absolute atomic E-state index is 11.0. The maximum atomic E-state index is 11.0. The molecule has 1 saturated carbocycles. The van der Waals surface area contributed by atoms with Crippen LogP contribution in [0.2, 0.25) is 0 Å². The highest BCUT2D eigenvalue weighted by atomic mass is 32.2. The van der Waals surface area contributed by atoms with Crippen molar-refractivity contribution >= 4 is 10.0 Å². The van der Waals surface area contributed by atoms with E-state index in [1.807, 2.05) is 0 Å². The van der Waals surface area contributed by atoms with Crippen LogP contribution in [0.15, 0.2) is 0 Å². The molecule has 1 fully saturated rings. The molecule has 0 aliphatic heterocycles. The highest BCUT2D eigenvalue weighted by Gasteiger charge is 2.22. The molecular weight excluding hydrogens is 164 g/mol. The molecule has 11 heavy (non-hydrogen) atoms. The zero-order valence-electron chi connectivity index (χ0n) is 6.41. The van der Waals surface area contributed by atoms with Crippen LogP contribution in [-0.4, -0.2) is 27.3 Å². The first-order valence-electron chi connectivity index (χ1n) is 3.81. The van der Waals surface area contributed by atoms with E-state index >= 15 is 0 Å². The summed E-state index contributed by atoms with van der Waals surface area (Å²) in [5.41, 5.74) is 5.12. The van der Waals surface area contributed by atoms with E-state index in [2.05, 4.69) is 4.72 Å². The van der Waals surface area contributed by atoms with Crippen LogP contribution in [0.3, 0.4) is 0 Å². The molecule has 0 radical (unpaired) electrons. The average Bonchev–Trinajstić information content (AvgIpc) is 2.65. The zero-order chi connectivity index (χ0) is 8.32. The minimum Gasteiger partial charge on any atom is -0.329 e. The Morgan fingerprint density at radius 3 is 2.55 bits per heavy atom. The predicted molar refractivity (Wildman–Crippen MR) is 43.6 cm³/mol. The second-order valence-corrected chi connectivity index (χ2v) is 4.83. The third kappa shape index (κ3) is 3.69. The number of rotatable bonds is 5. The van der Waals surface area contributed by atoms with Crippen molar-refractivity contribution in [3.63, 3.8) is 0 Å². The molecule has 5 heteroatoms. The Balaban J connectivity index is 2.21. The van der Waals surface area contributed by atoms with E-state index in [0.29, 0.717) is 12.5 Å². The molecule has 0 unspecified atom stereocenters. The standard InChI is InChI=1S/C6H14N2O2S/c7-3-4-11(9,10)8-5-6-1-2-6/h6,8H,1-5,7H2. The molecule has 0 aromatic carbocycles. The van der Waals surface area contributed by atoms with Crippen molar-refractivity contribution < 1.29 is 8.42 Å². The first-order chi connectivity index (χ1) is 5.14. The van der Waals surface area contributed by atoms with Crippen LogP contribution >= 0.6 is 0 Å². The van der Waals surface area contributed by atoms with Crippen LogP contribution in [0.25, 0.3) is 0 Å². The summed E-state index contributed by atoms with van der Waals surface area (Å²) < 4.78 is 24.5. The minimum atomic E-state index is -3.06. The van der Waals surface area contributed by atoms with Crippen LogP contribution in [0, 0.1) is 5.92 Å². The smallest absolute Gasteiger partial charge is 0.212 e. The van der Waals surface area contributed by atoms with E-state index < -0.39 is 10.0 Å². The number of hydrogen-bond donors (Lipinski definition) is 2. The average molecular weight is 178 g/mol. The summed E-state index contributed by atoms with van der Waals surface area (Å²) in [6.45, 7) is 0.794. The van der Waals surface area contributed by atoms with Gasteiger partial charge in [0.1, 0.15) is 0 Å². The Hall–Kier alpha value is -0.130. The van der Waals surface area contributed by atoms with E-state index in [1.165, 1.54) is 0 Å². The molecule has 0 aromatic rings. The SMILES string of the molecule is NCCS(=O)(=O)NCC1CC1. The molecule has 1 aliphatic rings. The van der Waals surface area contributed by atoms with E-state index in [9.17, 15) is 8.42 Å². The van der Waals surface area contributed by atoms with Gasteiger partial charge in [-0.05, 0) is 18.8 Å². The van der Waals surface area contributed by atoms with E-state index in [4.69, 9.17) is 5.73 Å². The van der Waals surface area contributed by atoms with Crippen molar-refractivity contribution in [2.75, 3.05) is 18.8 Å². The molecule has 0 bridgehead atoms. The molecule has 0 aromatic heterocycles. The van der Waals surface area contributed by atoms with E-state index in [0.717, 1.165) is 12.8 Å². The van der Waals surface area contributed by atoms with Gasteiger partial charge in [0, 0.05) is 13.1 Å². The normalized spacial score (nSPS) is 18.6. The Morgan fingerprint density at radius 1 is 1.45 bits per heavy atom. The molecule has 0 heterocycles. The number of sulfonamides is 1. The molecular formula is C6H14N2O2S. The summed E-state index contributed by atoms with van der Waals surface area (Å²) in [5, 5.41) is 0. The summed E-state index contributed by atoms with van der Waals surface area (Å²) in [6.07, 6.45) is 2.32. The van der Waals surface area contributed by atoms with Gasteiger partial charge >= 0.3 is 0 Å². The van der Waals surface area contributed by atoms with Crippen molar-refractivity contribution in [3.05, 3.63) is 0 Å². The zero-order valence-corrected chi connectivity index (χ0v) is 7.23. The van der Waals surface area contributed by atoms with Crippen molar-refractivity contribution in [3.8, 4) is 0 Å². The van der Waals surface area contributed by atoms with Gasteiger partial charge in [-0.3, -0.25) is 0 Å². The fourth-order valence-corrected chi connectivity index (χ4v) is 1.74. The number of hydrogen-bond acceptors (Lipinski definition) is 3. The Labute approximate surface area is 67.2 Å². The lowest BCUT2D eigenvalue weighted by atomic mass is 10.4. The van der Waals surface area contributed by atoms with Crippen LogP contribution in [0.1, 0.15) is 12.8 Å². The second-order valence-electron chi connectivity index (χ2n) is 2.90. The van der Waals surface area contributed by atoms with Gasteiger partial charge in [0.05, 0.1) is 5.75 Å². The fourth-order valence-electron chi connectivity index (χ4n) is 0.794. The second kappa shape index (κ2) is 3.51. The van der Waals surface area contributed by atoms with Crippen molar-refractivity contribution in [2.24, 2.45) is 11.7 Å². The lowest BCUT2D eigenvalue weighted by molar-refractivity contribution is 0.577. The first kappa shape index (κ1) is 8.96. The molecule has 0 saturated heterocycles. The third-order valence-electron chi connectivity index (χ3n) is 1.68. The quantitative estimate of drug-likeness (QED) is 0.583. The van der Waals surface area contributed by atoms with Crippen molar-refractivity contribution in [1.82, 2.24) is 4.72 Å². The number of nitrogens with two attached hydrogens (primary N) is 1. The lowest BCUT2D eigenvalue weighted by Crippen LogP contribution is -2.31. The van der Waals surface area contributed by atoms with E-state index in [1.54, 1.807) is 0 Å². The van der Waals surface area contributed by atoms with E-state index in [-0.39, 0.29) is 12.3 Å². The minimum absolute atomic E-state index is 0.0414. The highest BCUT2D eigenvalue weighted by Crippen LogP contribution is 2.27. The van der Waals surface area contributed by atoms with Gasteiger partial charge in [-0.25, -0.2) is 13.1 Å². The maximum Gasteiger partial charge on any atom is 0.212 e. The molecule has 0 spiro atoms. The highest BCUT2D eigenvalue weighted by molar-refractivity contribution is 7.89. The summed E-state index contributed by atoms with van der Waals surface area (Å²) in [5.74, 6) is 0.627. The molecule has 1 aliphatic carbocycles. The van der Waals surface area contributed by atoms with Gasteiger partial charge in [0.2, 0.25) is 10.0 Å². The fraction of sp³-hybridized carbons (Fsp3) is 1.00. The molecule has 1 rings (SSSR count). The van der Waals surface area contributed by atoms with Gasteiger partial charge < -0.3 is 5.73 Å². The number of nitrogens with one attached hydrogen (secondary N) is 1. The predicted octanol–water partition coefficient (Wildman–Crippen LogP) is -0.725. The molecule has 0 atom stereocenters. The summed E-state index contributed by atoms with van der Waals surface area (Å²) in [7, 11) is -3.06. The molecule has 4 nitrogen and oxygen atoms in total. The Bertz CT molecular complexity index is 209. The summed E-state index contributed by atoms with van der Waals surface area (Å²) >= 11 is 0. The van der Waals surface area contributed by atoms with Crippen LogP contribution < -0.4 is 10.5 Å². The lowest BCUT2D eigenvalue weighted by Gasteiger charge is -2.02. The monoisotopic (exact) mass is 178 g/mol. The van der Waals surface area contributed by atoms with Crippen molar-refractivity contribution in [2.45, 2.75) is 12.8 Å². The molecule has 0 amide bonds. The van der Waals surface area contributed by atoms with Crippen LogP contribution in [-0.2, 0) is 10.0 Å². The Kier molecular flexibility index (Phi) is 2.86. The van der Waals surface area contributed by atoms with Crippen LogP contribution in [0.5, 0.6) is 0 Å². The van der Waals surface area contributed by atoms with Gasteiger partial charge in [-0.1, -0.05) is 0 Å². The molecule has 3 N–H and O–H groups in total. The van der Waals surface area contributed by atoms with Gasteiger partial charge in [-0.2, -0.15) is 0 Å². The first-order valence-corrected chi connectivity index (χ1v) is 5.46. The van der Waals surface area contributed by atoms with Crippen molar-refractivity contribution in [1.29, 1.82) is 0 Å². The van der Waals surface area contributed by atoms with Gasteiger partial charge in [0.25, 0.3) is 0 Å². The Morgan fingerprint density at radius 2 is 2.09 bits per heavy atom.